The molecule has 2 atom stereocenters. The topological polar surface area (TPSA) is 24.5 Å². The lowest BCUT2D eigenvalue weighted by Crippen LogP contribution is -2.48. The van der Waals surface area contributed by atoms with E-state index in [4.69, 9.17) is 4.74 Å². The first kappa shape index (κ1) is 15.3. The molecule has 0 spiro atoms. The molecule has 0 aromatic carbocycles. The third-order valence-corrected chi connectivity index (χ3v) is 4.79. The Labute approximate surface area is 119 Å². The van der Waals surface area contributed by atoms with Crippen LogP contribution in [0.3, 0.4) is 0 Å². The highest BCUT2D eigenvalue weighted by atomic mass is 16.5. The van der Waals surface area contributed by atoms with Gasteiger partial charge in [-0.05, 0) is 31.7 Å². The van der Waals surface area contributed by atoms with Crippen LogP contribution in [0, 0.1) is 11.3 Å². The van der Waals surface area contributed by atoms with E-state index in [1.807, 2.05) is 0 Å². The van der Waals surface area contributed by atoms with Crippen molar-refractivity contribution in [2.45, 2.75) is 59.0 Å². The van der Waals surface area contributed by atoms with Crippen LogP contribution in [-0.2, 0) is 4.74 Å². The van der Waals surface area contributed by atoms with Gasteiger partial charge in [-0.15, -0.1) is 0 Å². The van der Waals surface area contributed by atoms with Crippen LogP contribution < -0.4 is 5.32 Å². The minimum absolute atomic E-state index is 0.349. The van der Waals surface area contributed by atoms with Crippen LogP contribution in [0.5, 0.6) is 0 Å². The molecule has 0 amide bonds. The number of ether oxygens (including phenoxy) is 1. The molecule has 19 heavy (non-hydrogen) atoms. The summed E-state index contributed by atoms with van der Waals surface area (Å²) in [5.41, 5.74) is 0.349. The molecule has 2 rings (SSSR count). The molecule has 2 aliphatic heterocycles. The van der Waals surface area contributed by atoms with E-state index in [9.17, 15) is 0 Å². The van der Waals surface area contributed by atoms with E-state index in [2.05, 4.69) is 37.9 Å². The molecule has 1 N–H and O–H groups in total. The maximum Gasteiger partial charge on any atom is 0.0547 e. The van der Waals surface area contributed by atoms with Crippen molar-refractivity contribution < 1.29 is 4.74 Å². The van der Waals surface area contributed by atoms with Crippen LogP contribution in [0.1, 0.15) is 47.0 Å². The number of hydrogen-bond donors (Lipinski definition) is 1. The molecule has 2 saturated heterocycles. The predicted octanol–water partition coefficient (Wildman–Crippen LogP) is 2.51. The normalized spacial score (nSPS) is 32.8. The molecule has 0 aromatic heterocycles. The fraction of sp³-hybridized carbons (Fsp3) is 1.00. The van der Waals surface area contributed by atoms with Crippen molar-refractivity contribution in [1.29, 1.82) is 0 Å². The van der Waals surface area contributed by atoms with Gasteiger partial charge < -0.3 is 10.1 Å². The monoisotopic (exact) mass is 268 g/mol. The van der Waals surface area contributed by atoms with Crippen molar-refractivity contribution in [3.05, 3.63) is 0 Å². The molecular weight excluding hydrogens is 236 g/mol. The Balaban J connectivity index is 1.96. The van der Waals surface area contributed by atoms with Gasteiger partial charge in [-0.2, -0.15) is 0 Å². The van der Waals surface area contributed by atoms with Gasteiger partial charge in [-0.25, -0.2) is 0 Å². The minimum Gasteiger partial charge on any atom is -0.381 e. The van der Waals surface area contributed by atoms with Crippen LogP contribution >= 0.6 is 0 Å². The Hall–Kier alpha value is -0.120. The summed E-state index contributed by atoms with van der Waals surface area (Å²) in [6.07, 6.45) is 3.97. The fourth-order valence-corrected chi connectivity index (χ4v) is 3.62. The lowest BCUT2D eigenvalue weighted by molar-refractivity contribution is 0.0899. The Morgan fingerprint density at radius 3 is 2.68 bits per heavy atom. The first-order valence-corrected chi connectivity index (χ1v) is 8.08. The first-order chi connectivity index (χ1) is 9.02. The molecule has 0 bridgehead atoms. The number of rotatable bonds is 6. The van der Waals surface area contributed by atoms with E-state index in [1.165, 1.54) is 32.4 Å². The van der Waals surface area contributed by atoms with Crippen LogP contribution in [-0.4, -0.2) is 49.8 Å². The van der Waals surface area contributed by atoms with E-state index >= 15 is 0 Å². The zero-order valence-corrected chi connectivity index (χ0v) is 13.2. The average Bonchev–Trinajstić information content (AvgIpc) is 2.97. The largest absolute Gasteiger partial charge is 0.381 e. The third-order valence-electron chi connectivity index (χ3n) is 4.79. The molecule has 2 unspecified atom stereocenters. The van der Waals surface area contributed by atoms with Gasteiger partial charge in [0.05, 0.1) is 6.61 Å². The van der Waals surface area contributed by atoms with E-state index in [0.29, 0.717) is 11.5 Å². The molecule has 2 aliphatic rings. The van der Waals surface area contributed by atoms with E-state index in [0.717, 1.165) is 31.7 Å². The smallest absolute Gasteiger partial charge is 0.0547 e. The number of likely N-dealkylation sites (tertiary alicyclic amines) is 1. The summed E-state index contributed by atoms with van der Waals surface area (Å²) in [6.45, 7) is 14.7. The van der Waals surface area contributed by atoms with Crippen molar-refractivity contribution in [2.75, 3.05) is 32.8 Å². The van der Waals surface area contributed by atoms with Crippen LogP contribution in [0.25, 0.3) is 0 Å². The van der Waals surface area contributed by atoms with Gasteiger partial charge in [0.15, 0.2) is 0 Å². The van der Waals surface area contributed by atoms with Gasteiger partial charge in [0.2, 0.25) is 0 Å². The number of nitrogens with one attached hydrogen (secondary N) is 1. The lowest BCUT2D eigenvalue weighted by Gasteiger charge is -2.37. The van der Waals surface area contributed by atoms with Crippen LogP contribution in [0.15, 0.2) is 0 Å². The quantitative estimate of drug-likeness (QED) is 0.801. The zero-order valence-electron chi connectivity index (χ0n) is 13.2. The zero-order chi connectivity index (χ0) is 13.9. The summed E-state index contributed by atoms with van der Waals surface area (Å²) >= 11 is 0. The van der Waals surface area contributed by atoms with Gasteiger partial charge in [0.25, 0.3) is 0 Å². The molecule has 0 saturated carbocycles. The minimum atomic E-state index is 0.349. The van der Waals surface area contributed by atoms with E-state index < -0.39 is 0 Å². The summed E-state index contributed by atoms with van der Waals surface area (Å²) in [5, 5.41) is 3.64. The Morgan fingerprint density at radius 2 is 2.11 bits per heavy atom. The molecule has 0 aromatic rings. The number of nitrogens with zero attached hydrogens (tertiary/aromatic N) is 1. The standard InChI is InChI=1S/C16H32N2O/c1-13(2)15-6-5-8-18(15)11-16(7-9-19-12-16)10-17-14(3)4/h13-15,17H,5-12H2,1-4H3. The summed E-state index contributed by atoms with van der Waals surface area (Å²) in [4.78, 5) is 2.74. The van der Waals surface area contributed by atoms with Gasteiger partial charge in [-0.3, -0.25) is 4.90 Å². The summed E-state index contributed by atoms with van der Waals surface area (Å²) in [6, 6.07) is 1.36. The van der Waals surface area contributed by atoms with Crippen molar-refractivity contribution >= 4 is 0 Å². The van der Waals surface area contributed by atoms with Crippen LogP contribution in [0.4, 0.5) is 0 Å². The van der Waals surface area contributed by atoms with Gasteiger partial charge in [0, 0.05) is 37.2 Å². The van der Waals surface area contributed by atoms with Crippen molar-refractivity contribution in [3.63, 3.8) is 0 Å². The van der Waals surface area contributed by atoms with Crippen molar-refractivity contribution in [1.82, 2.24) is 10.2 Å². The van der Waals surface area contributed by atoms with Gasteiger partial charge in [-0.1, -0.05) is 27.7 Å². The molecule has 0 aliphatic carbocycles. The van der Waals surface area contributed by atoms with Crippen LogP contribution in [0.2, 0.25) is 0 Å². The summed E-state index contributed by atoms with van der Waals surface area (Å²) < 4.78 is 5.73. The first-order valence-electron chi connectivity index (χ1n) is 8.08. The highest BCUT2D eigenvalue weighted by Crippen LogP contribution is 2.33. The van der Waals surface area contributed by atoms with Gasteiger partial charge in [0.1, 0.15) is 0 Å². The molecule has 112 valence electrons. The van der Waals surface area contributed by atoms with Crippen molar-refractivity contribution in [3.8, 4) is 0 Å². The predicted molar refractivity (Wildman–Crippen MR) is 80.4 cm³/mol. The lowest BCUT2D eigenvalue weighted by atomic mass is 9.85. The Bertz CT molecular complexity index is 272. The molecule has 0 radical (unpaired) electrons. The number of hydrogen-bond acceptors (Lipinski definition) is 3. The summed E-state index contributed by atoms with van der Waals surface area (Å²) in [7, 11) is 0. The Morgan fingerprint density at radius 1 is 1.32 bits per heavy atom. The second-order valence-electron chi connectivity index (χ2n) is 7.26. The van der Waals surface area contributed by atoms with Crippen molar-refractivity contribution in [2.24, 2.45) is 11.3 Å². The molecule has 2 fully saturated rings. The average molecular weight is 268 g/mol. The second kappa shape index (κ2) is 6.55. The van der Waals surface area contributed by atoms with E-state index in [-0.39, 0.29) is 0 Å². The maximum absolute atomic E-state index is 5.73. The maximum atomic E-state index is 5.73. The molecule has 3 heteroatoms. The summed E-state index contributed by atoms with van der Waals surface area (Å²) in [5.74, 6) is 0.778. The molecule has 3 nitrogen and oxygen atoms in total. The van der Waals surface area contributed by atoms with Gasteiger partial charge >= 0.3 is 0 Å². The highest BCUT2D eigenvalue weighted by molar-refractivity contribution is 4.93. The highest BCUT2D eigenvalue weighted by Gasteiger charge is 2.39. The SMILES string of the molecule is CC(C)NCC1(CN2CCCC2C(C)C)CCOC1. The fourth-order valence-electron chi connectivity index (χ4n) is 3.62. The molecular formula is C16H32N2O. The second-order valence-corrected chi connectivity index (χ2v) is 7.26. The Kier molecular flexibility index (Phi) is 5.27. The third kappa shape index (κ3) is 3.93. The molecule has 2 heterocycles. The van der Waals surface area contributed by atoms with E-state index in [1.54, 1.807) is 0 Å².